The van der Waals surface area contributed by atoms with Gasteiger partial charge >= 0.3 is 5.69 Å². The van der Waals surface area contributed by atoms with Crippen LogP contribution in [0.5, 0.6) is 0 Å². The van der Waals surface area contributed by atoms with Crippen LogP contribution in [0.3, 0.4) is 0 Å². The van der Waals surface area contributed by atoms with Crippen molar-refractivity contribution in [1.29, 1.82) is 0 Å². The van der Waals surface area contributed by atoms with Crippen molar-refractivity contribution in [3.05, 3.63) is 58.3 Å². The molecule has 0 bridgehead atoms. The van der Waals surface area contributed by atoms with Crippen molar-refractivity contribution in [1.82, 2.24) is 25.2 Å². The molecule has 9 nitrogen and oxygen atoms in total. The molecule has 176 valence electrons. The molecule has 5 N–H and O–H groups in total. The third kappa shape index (κ3) is 5.61. The highest BCUT2D eigenvalue weighted by Gasteiger charge is 2.32. The zero-order chi connectivity index (χ0) is 23.4. The molecular weight excluding hydrogens is 418 g/mol. The van der Waals surface area contributed by atoms with Gasteiger partial charge in [0.25, 0.3) is 0 Å². The highest BCUT2D eigenvalue weighted by molar-refractivity contribution is 5.77. The van der Waals surface area contributed by atoms with E-state index in [1.807, 2.05) is 43.5 Å². The van der Waals surface area contributed by atoms with E-state index in [4.69, 9.17) is 10.5 Å². The van der Waals surface area contributed by atoms with Crippen LogP contribution in [0, 0.1) is 12.3 Å². The summed E-state index contributed by atoms with van der Waals surface area (Å²) in [5, 5.41) is 7.60. The van der Waals surface area contributed by atoms with Crippen LogP contribution in [0.25, 0.3) is 16.7 Å². The molecule has 3 aromatic rings. The Morgan fingerprint density at radius 1 is 1.33 bits per heavy atom. The molecule has 0 radical (unpaired) electrons. The fourth-order valence-corrected chi connectivity index (χ4v) is 3.85. The first-order valence-corrected chi connectivity index (χ1v) is 11.4. The molecule has 1 aliphatic heterocycles. The molecule has 0 unspecified atom stereocenters. The normalized spacial score (nSPS) is 16.5. The molecule has 33 heavy (non-hydrogen) atoms. The molecule has 0 amide bonds. The van der Waals surface area contributed by atoms with E-state index in [0.29, 0.717) is 18.2 Å². The standard InChI is InChI=1S/C24H33N7O2/c1-16-11-19-12-31(23(32)30-21(19)29-16)20-7-5-18(6-8-20)17(2)26-9-4-10-27-22(25)28-13-24(3)14-33-15-24/h5-8,11-12,17,26H,4,9-10,13-15H2,1-3H3,(H3,25,27,28)(H,29,30,32)/t17-/m0/s1. The SMILES string of the molecule is Cc1cc2cn(-c3ccc([C@H](C)NCCCNC(N)=NCC4(C)COC4)cc3)c(=O)nc2[nH]1. The van der Waals surface area contributed by atoms with Gasteiger partial charge in [-0.1, -0.05) is 19.1 Å². The quantitative estimate of drug-likeness (QED) is 0.224. The molecule has 1 fully saturated rings. The van der Waals surface area contributed by atoms with Crippen molar-refractivity contribution < 1.29 is 4.74 Å². The fraction of sp³-hybridized carbons (Fsp3) is 0.458. The Bertz CT molecular complexity index is 1180. The minimum Gasteiger partial charge on any atom is -0.380 e. The van der Waals surface area contributed by atoms with Gasteiger partial charge in [-0.15, -0.1) is 0 Å². The molecule has 0 saturated carbocycles. The predicted molar refractivity (Wildman–Crippen MR) is 131 cm³/mol. The molecule has 1 aliphatic rings. The molecule has 1 saturated heterocycles. The molecule has 1 atom stereocenters. The number of hydrogen-bond acceptors (Lipinski definition) is 5. The first kappa shape index (κ1) is 23.0. The van der Waals surface area contributed by atoms with Gasteiger partial charge in [-0.25, -0.2) is 4.79 Å². The average Bonchev–Trinajstić information content (AvgIpc) is 3.14. The second-order valence-corrected chi connectivity index (χ2v) is 9.20. The van der Waals surface area contributed by atoms with Crippen molar-refractivity contribution in [2.24, 2.45) is 16.1 Å². The van der Waals surface area contributed by atoms with Crippen LogP contribution >= 0.6 is 0 Å². The van der Waals surface area contributed by atoms with E-state index in [-0.39, 0.29) is 17.1 Å². The summed E-state index contributed by atoms with van der Waals surface area (Å²) in [6, 6.07) is 10.2. The van der Waals surface area contributed by atoms with Gasteiger partial charge in [-0.3, -0.25) is 9.56 Å². The number of aliphatic imine (C=N–C) groups is 1. The van der Waals surface area contributed by atoms with Crippen LogP contribution < -0.4 is 22.1 Å². The maximum atomic E-state index is 12.4. The maximum absolute atomic E-state index is 12.4. The third-order valence-electron chi connectivity index (χ3n) is 5.96. The number of ether oxygens (including phenoxy) is 1. The van der Waals surface area contributed by atoms with Crippen molar-refractivity contribution in [2.45, 2.75) is 33.2 Å². The van der Waals surface area contributed by atoms with E-state index in [9.17, 15) is 4.79 Å². The van der Waals surface area contributed by atoms with Crippen LogP contribution in [0.2, 0.25) is 0 Å². The van der Waals surface area contributed by atoms with Gasteiger partial charge in [0.2, 0.25) is 0 Å². The Morgan fingerprint density at radius 3 is 2.79 bits per heavy atom. The van der Waals surface area contributed by atoms with E-state index in [2.05, 4.69) is 39.4 Å². The van der Waals surface area contributed by atoms with Crippen LogP contribution in [0.1, 0.15) is 37.6 Å². The van der Waals surface area contributed by atoms with Crippen molar-refractivity contribution in [2.75, 3.05) is 32.8 Å². The number of aryl methyl sites for hydroxylation is 1. The van der Waals surface area contributed by atoms with E-state index in [0.717, 1.165) is 55.1 Å². The average molecular weight is 452 g/mol. The second kappa shape index (κ2) is 9.76. The van der Waals surface area contributed by atoms with E-state index < -0.39 is 0 Å². The topological polar surface area (TPSA) is 122 Å². The zero-order valence-electron chi connectivity index (χ0n) is 19.5. The highest BCUT2D eigenvalue weighted by atomic mass is 16.5. The third-order valence-corrected chi connectivity index (χ3v) is 5.96. The monoisotopic (exact) mass is 451 g/mol. The van der Waals surface area contributed by atoms with Gasteiger partial charge in [0.05, 0.1) is 25.4 Å². The molecule has 3 heterocycles. The molecule has 2 aromatic heterocycles. The van der Waals surface area contributed by atoms with Crippen molar-refractivity contribution in [3.63, 3.8) is 0 Å². The number of nitrogens with two attached hydrogens (primary N) is 1. The van der Waals surface area contributed by atoms with Crippen molar-refractivity contribution >= 4 is 17.0 Å². The van der Waals surface area contributed by atoms with Crippen LogP contribution in [-0.2, 0) is 4.74 Å². The minimum atomic E-state index is -0.297. The number of hydrogen-bond donors (Lipinski definition) is 4. The summed E-state index contributed by atoms with van der Waals surface area (Å²) in [5.41, 5.74) is 9.33. The van der Waals surface area contributed by atoms with Gasteiger partial charge in [-0.2, -0.15) is 4.98 Å². The molecule has 0 spiro atoms. The Labute approximate surface area is 193 Å². The fourth-order valence-electron chi connectivity index (χ4n) is 3.85. The number of aromatic nitrogens is 3. The number of aromatic amines is 1. The van der Waals surface area contributed by atoms with Gasteiger partial charge in [-0.05, 0) is 50.6 Å². The molecule has 0 aliphatic carbocycles. The number of rotatable bonds is 9. The molecule has 1 aromatic carbocycles. The summed E-state index contributed by atoms with van der Waals surface area (Å²) in [6.45, 7) is 10.0. The number of guanidine groups is 1. The van der Waals surface area contributed by atoms with Crippen LogP contribution in [0.4, 0.5) is 0 Å². The predicted octanol–water partition coefficient (Wildman–Crippen LogP) is 2.00. The summed E-state index contributed by atoms with van der Waals surface area (Å²) in [4.78, 5) is 24.1. The van der Waals surface area contributed by atoms with E-state index in [1.165, 1.54) is 0 Å². The van der Waals surface area contributed by atoms with E-state index in [1.54, 1.807) is 4.57 Å². The van der Waals surface area contributed by atoms with Gasteiger partial charge in [0.1, 0.15) is 5.65 Å². The highest BCUT2D eigenvalue weighted by Crippen LogP contribution is 2.26. The second-order valence-electron chi connectivity index (χ2n) is 9.20. The number of H-pyrrole nitrogens is 1. The summed E-state index contributed by atoms with van der Waals surface area (Å²) >= 11 is 0. The summed E-state index contributed by atoms with van der Waals surface area (Å²) in [7, 11) is 0. The van der Waals surface area contributed by atoms with Gasteiger partial charge < -0.3 is 26.1 Å². The zero-order valence-corrected chi connectivity index (χ0v) is 19.5. The van der Waals surface area contributed by atoms with Gasteiger partial charge in [0, 0.05) is 35.3 Å². The lowest BCUT2D eigenvalue weighted by Gasteiger charge is -2.36. The lowest BCUT2D eigenvalue weighted by atomic mass is 9.89. The maximum Gasteiger partial charge on any atom is 0.354 e. The Balaban J connectivity index is 1.25. The van der Waals surface area contributed by atoms with Crippen LogP contribution in [-0.4, -0.2) is 53.3 Å². The summed E-state index contributed by atoms with van der Waals surface area (Å²) in [5.74, 6) is 0.490. The molecule has 4 rings (SSSR count). The lowest BCUT2D eigenvalue weighted by Crippen LogP contribution is -2.43. The smallest absolute Gasteiger partial charge is 0.354 e. The minimum absolute atomic E-state index is 0.136. The molecular formula is C24H33N7O2. The largest absolute Gasteiger partial charge is 0.380 e. The Hall–Kier alpha value is -3.17. The number of nitrogens with one attached hydrogen (secondary N) is 3. The first-order valence-electron chi connectivity index (χ1n) is 11.4. The Kier molecular flexibility index (Phi) is 6.80. The Morgan fingerprint density at radius 2 is 2.09 bits per heavy atom. The number of benzene rings is 1. The van der Waals surface area contributed by atoms with E-state index >= 15 is 0 Å². The summed E-state index contributed by atoms with van der Waals surface area (Å²) < 4.78 is 6.81. The first-order chi connectivity index (χ1) is 15.8. The van der Waals surface area contributed by atoms with Gasteiger partial charge in [0.15, 0.2) is 5.96 Å². The summed E-state index contributed by atoms with van der Waals surface area (Å²) in [6.07, 6.45) is 2.75. The van der Waals surface area contributed by atoms with Crippen LogP contribution in [0.15, 0.2) is 46.3 Å². The number of nitrogens with zero attached hydrogens (tertiary/aromatic N) is 3. The molecule has 9 heteroatoms. The number of fused-ring (bicyclic) bond motifs is 1. The van der Waals surface area contributed by atoms with Crippen molar-refractivity contribution in [3.8, 4) is 5.69 Å². The lowest BCUT2D eigenvalue weighted by molar-refractivity contribution is -0.0945.